The van der Waals surface area contributed by atoms with Gasteiger partial charge >= 0.3 is 0 Å². The van der Waals surface area contributed by atoms with Crippen LogP contribution < -0.4 is 10.2 Å². The van der Waals surface area contributed by atoms with Crippen LogP contribution in [0.1, 0.15) is 23.5 Å². The second-order valence-electron chi connectivity index (χ2n) is 3.89. The lowest BCUT2D eigenvalue weighted by Gasteiger charge is -2.13. The van der Waals surface area contributed by atoms with Gasteiger partial charge in [-0.2, -0.15) is 0 Å². The Labute approximate surface area is 109 Å². The van der Waals surface area contributed by atoms with E-state index in [1.54, 1.807) is 22.7 Å². The number of nitrogens with zero attached hydrogens (tertiary/aromatic N) is 3. The van der Waals surface area contributed by atoms with Crippen molar-refractivity contribution < 1.29 is 0 Å². The molecule has 1 N–H and O–H groups in total. The van der Waals surface area contributed by atoms with Gasteiger partial charge in [-0.05, 0) is 14.0 Å². The predicted molar refractivity (Wildman–Crippen MR) is 73.8 cm³/mol. The zero-order valence-electron chi connectivity index (χ0n) is 10.2. The zero-order chi connectivity index (χ0) is 12.3. The van der Waals surface area contributed by atoms with E-state index < -0.39 is 0 Å². The van der Waals surface area contributed by atoms with E-state index in [0.717, 1.165) is 17.4 Å². The standard InChI is InChI=1S/C11H16N4S2/c1-8(12-2)10-4-13-11(17-10)15(3)5-9-6-16-7-14-9/h4,6-8,12H,5H2,1-3H3. The Balaban J connectivity index is 2.04. The number of nitrogens with one attached hydrogen (secondary N) is 1. The number of rotatable bonds is 5. The number of aromatic nitrogens is 2. The fraction of sp³-hybridized carbons (Fsp3) is 0.455. The molecular formula is C11H16N4S2. The first-order valence-electron chi connectivity index (χ1n) is 5.42. The summed E-state index contributed by atoms with van der Waals surface area (Å²) in [6, 6.07) is 0.355. The van der Waals surface area contributed by atoms with Crippen molar-refractivity contribution in [2.45, 2.75) is 19.5 Å². The quantitative estimate of drug-likeness (QED) is 0.904. The summed E-state index contributed by atoms with van der Waals surface area (Å²) in [5.41, 5.74) is 2.95. The summed E-state index contributed by atoms with van der Waals surface area (Å²) >= 11 is 3.35. The summed E-state index contributed by atoms with van der Waals surface area (Å²) in [5, 5.41) is 6.33. The van der Waals surface area contributed by atoms with Crippen LogP contribution >= 0.6 is 22.7 Å². The monoisotopic (exact) mass is 268 g/mol. The number of anilines is 1. The highest BCUT2D eigenvalue weighted by Crippen LogP contribution is 2.26. The molecule has 0 saturated heterocycles. The van der Waals surface area contributed by atoms with Crippen LogP contribution in [-0.4, -0.2) is 24.1 Å². The third-order valence-corrected chi connectivity index (χ3v) is 4.51. The van der Waals surface area contributed by atoms with Gasteiger partial charge in [0.1, 0.15) is 0 Å². The minimum atomic E-state index is 0.355. The Morgan fingerprint density at radius 3 is 2.94 bits per heavy atom. The van der Waals surface area contributed by atoms with Crippen LogP contribution in [0.5, 0.6) is 0 Å². The van der Waals surface area contributed by atoms with E-state index in [-0.39, 0.29) is 0 Å². The van der Waals surface area contributed by atoms with Gasteiger partial charge in [0.2, 0.25) is 0 Å². The van der Waals surface area contributed by atoms with Gasteiger partial charge < -0.3 is 10.2 Å². The molecule has 6 heteroatoms. The maximum atomic E-state index is 4.45. The molecule has 0 saturated carbocycles. The molecule has 0 radical (unpaired) electrons. The normalized spacial score (nSPS) is 12.6. The lowest BCUT2D eigenvalue weighted by Crippen LogP contribution is -2.16. The van der Waals surface area contributed by atoms with Crippen molar-refractivity contribution in [3.8, 4) is 0 Å². The van der Waals surface area contributed by atoms with Gasteiger partial charge in [0.15, 0.2) is 5.13 Å². The molecule has 4 nitrogen and oxygen atoms in total. The van der Waals surface area contributed by atoms with Crippen molar-refractivity contribution >= 4 is 27.8 Å². The molecule has 17 heavy (non-hydrogen) atoms. The third kappa shape index (κ3) is 3.02. The van der Waals surface area contributed by atoms with E-state index in [1.165, 1.54) is 4.88 Å². The second-order valence-corrected chi connectivity index (χ2v) is 5.65. The van der Waals surface area contributed by atoms with Crippen molar-refractivity contribution in [1.29, 1.82) is 0 Å². The van der Waals surface area contributed by atoms with Crippen LogP contribution in [0.25, 0.3) is 0 Å². The SMILES string of the molecule is CNC(C)c1cnc(N(C)Cc2cscn2)s1. The van der Waals surface area contributed by atoms with Gasteiger partial charge in [-0.25, -0.2) is 9.97 Å². The Morgan fingerprint density at radius 2 is 2.29 bits per heavy atom. The lowest BCUT2D eigenvalue weighted by atomic mass is 10.3. The van der Waals surface area contributed by atoms with Crippen molar-refractivity contribution in [1.82, 2.24) is 15.3 Å². The van der Waals surface area contributed by atoms with E-state index in [9.17, 15) is 0 Å². The minimum absolute atomic E-state index is 0.355. The Hall–Kier alpha value is -0.980. The average molecular weight is 268 g/mol. The van der Waals surface area contributed by atoms with Gasteiger partial charge in [0, 0.05) is 29.5 Å². The van der Waals surface area contributed by atoms with Crippen LogP contribution in [0.4, 0.5) is 5.13 Å². The van der Waals surface area contributed by atoms with E-state index >= 15 is 0 Å². The molecule has 0 bridgehead atoms. The maximum Gasteiger partial charge on any atom is 0.185 e. The summed E-state index contributed by atoms with van der Waals surface area (Å²) in [5.74, 6) is 0. The second kappa shape index (κ2) is 5.57. The largest absolute Gasteiger partial charge is 0.345 e. The number of hydrogen-bond donors (Lipinski definition) is 1. The van der Waals surface area contributed by atoms with Gasteiger partial charge in [0.05, 0.1) is 17.7 Å². The van der Waals surface area contributed by atoms with Gasteiger partial charge in [-0.15, -0.1) is 22.7 Å². The first kappa shape index (κ1) is 12.5. The van der Waals surface area contributed by atoms with Crippen LogP contribution in [0.2, 0.25) is 0 Å². The smallest absolute Gasteiger partial charge is 0.185 e. The average Bonchev–Trinajstić information content (AvgIpc) is 2.98. The van der Waals surface area contributed by atoms with Gasteiger partial charge in [-0.3, -0.25) is 0 Å². The molecule has 0 amide bonds. The molecule has 2 heterocycles. The summed E-state index contributed by atoms with van der Waals surface area (Å²) in [6.07, 6.45) is 1.94. The third-order valence-electron chi connectivity index (χ3n) is 2.58. The first-order chi connectivity index (χ1) is 8.20. The van der Waals surface area contributed by atoms with Crippen LogP contribution in [0.15, 0.2) is 17.1 Å². The highest BCUT2D eigenvalue weighted by atomic mass is 32.1. The Morgan fingerprint density at radius 1 is 1.47 bits per heavy atom. The zero-order valence-corrected chi connectivity index (χ0v) is 11.8. The predicted octanol–water partition coefficient (Wildman–Crippen LogP) is 2.52. The maximum absolute atomic E-state index is 4.45. The van der Waals surface area contributed by atoms with E-state index in [1.807, 2.05) is 25.8 Å². The number of thiazole rings is 2. The molecule has 0 spiro atoms. The summed E-state index contributed by atoms with van der Waals surface area (Å²) in [7, 11) is 4.01. The van der Waals surface area contributed by atoms with Crippen LogP contribution in [0.3, 0.4) is 0 Å². The Bertz CT molecular complexity index is 452. The first-order valence-corrected chi connectivity index (χ1v) is 7.18. The highest BCUT2D eigenvalue weighted by Gasteiger charge is 2.11. The molecule has 2 aromatic rings. The Kier molecular flexibility index (Phi) is 4.09. The molecular weight excluding hydrogens is 252 g/mol. The fourth-order valence-electron chi connectivity index (χ4n) is 1.42. The van der Waals surface area contributed by atoms with Crippen LogP contribution in [0, 0.1) is 0 Å². The van der Waals surface area contributed by atoms with E-state index in [0.29, 0.717) is 6.04 Å². The summed E-state index contributed by atoms with van der Waals surface area (Å²) < 4.78 is 0. The van der Waals surface area contributed by atoms with Crippen LogP contribution in [-0.2, 0) is 6.54 Å². The molecule has 0 fully saturated rings. The summed E-state index contributed by atoms with van der Waals surface area (Å²) in [6.45, 7) is 2.95. The van der Waals surface area contributed by atoms with Gasteiger partial charge in [0.25, 0.3) is 0 Å². The molecule has 0 aliphatic carbocycles. The summed E-state index contributed by atoms with van der Waals surface area (Å²) in [4.78, 5) is 12.1. The minimum Gasteiger partial charge on any atom is -0.345 e. The van der Waals surface area contributed by atoms with Gasteiger partial charge in [-0.1, -0.05) is 0 Å². The van der Waals surface area contributed by atoms with Crippen molar-refractivity contribution in [2.75, 3.05) is 19.0 Å². The topological polar surface area (TPSA) is 41.1 Å². The molecule has 0 aromatic carbocycles. The number of hydrogen-bond acceptors (Lipinski definition) is 6. The highest BCUT2D eigenvalue weighted by molar-refractivity contribution is 7.15. The lowest BCUT2D eigenvalue weighted by molar-refractivity contribution is 0.662. The molecule has 92 valence electrons. The van der Waals surface area contributed by atoms with E-state index in [2.05, 4.69) is 32.5 Å². The van der Waals surface area contributed by atoms with Crippen molar-refractivity contribution in [3.63, 3.8) is 0 Å². The molecule has 0 aliphatic heterocycles. The van der Waals surface area contributed by atoms with Crippen molar-refractivity contribution in [2.24, 2.45) is 0 Å². The molecule has 1 unspecified atom stereocenters. The molecule has 2 aromatic heterocycles. The fourth-order valence-corrected chi connectivity index (χ4v) is 2.91. The molecule has 0 aliphatic rings. The van der Waals surface area contributed by atoms with Crippen molar-refractivity contribution in [3.05, 3.63) is 27.7 Å². The molecule has 1 atom stereocenters. The van der Waals surface area contributed by atoms with E-state index in [4.69, 9.17) is 0 Å². The molecule has 2 rings (SSSR count).